The molecule has 1 unspecified atom stereocenters. The van der Waals surface area contributed by atoms with Crippen LogP contribution in [-0.2, 0) is 11.2 Å². The average Bonchev–Trinajstić information content (AvgIpc) is 2.71. The normalized spacial score (nSPS) is 11.4. The maximum atomic E-state index is 5.87. The summed E-state index contributed by atoms with van der Waals surface area (Å²) >= 11 is 5.59. The highest BCUT2D eigenvalue weighted by atomic mass is 32.1. The van der Waals surface area contributed by atoms with Crippen LogP contribution < -0.4 is 14.8 Å². The van der Waals surface area contributed by atoms with Crippen LogP contribution in [0.4, 0.5) is 0 Å². The van der Waals surface area contributed by atoms with Gasteiger partial charge in [-0.1, -0.05) is 54.0 Å². The minimum atomic E-state index is -0.241. The third-order valence-electron chi connectivity index (χ3n) is 4.20. The maximum Gasteiger partial charge on any atom is 0.162 e. The molecule has 1 N–H and O–H groups in total. The number of thiocarbonyl (C=S) groups is 1. The molecular weight excluding hydrogens is 370 g/mol. The lowest BCUT2D eigenvalue weighted by Gasteiger charge is -2.20. The van der Waals surface area contributed by atoms with Crippen molar-refractivity contribution in [3.05, 3.63) is 59.2 Å². The number of nitrogens with one attached hydrogen (secondary N) is 1. The zero-order valence-corrected chi connectivity index (χ0v) is 17.5. The van der Waals surface area contributed by atoms with Crippen molar-refractivity contribution < 1.29 is 14.2 Å². The topological polar surface area (TPSA) is 39.7 Å². The molecule has 1 atom stereocenters. The molecule has 0 spiro atoms. The summed E-state index contributed by atoms with van der Waals surface area (Å²) < 4.78 is 16.7. The number of ether oxygens (including phenoxy) is 3. The molecule has 0 bridgehead atoms. The Morgan fingerprint density at radius 3 is 2.57 bits per heavy atom. The van der Waals surface area contributed by atoms with Crippen LogP contribution in [0.2, 0.25) is 0 Å². The van der Waals surface area contributed by atoms with Gasteiger partial charge in [0.15, 0.2) is 11.5 Å². The molecule has 0 radical (unpaired) electrons. The summed E-state index contributed by atoms with van der Waals surface area (Å²) in [6.07, 6.45) is 5.79. The van der Waals surface area contributed by atoms with Gasteiger partial charge in [-0.25, -0.2) is 0 Å². The average molecular weight is 398 g/mol. The van der Waals surface area contributed by atoms with Crippen LogP contribution in [-0.4, -0.2) is 31.9 Å². The Balaban J connectivity index is 1.96. The molecule has 4 nitrogen and oxygen atoms in total. The van der Waals surface area contributed by atoms with Crippen molar-refractivity contribution in [1.82, 2.24) is 5.32 Å². The van der Waals surface area contributed by atoms with Crippen molar-refractivity contribution in [2.75, 3.05) is 26.9 Å². The fraction of sp³-hybridized carbons (Fsp3) is 0.348. The third-order valence-corrected chi connectivity index (χ3v) is 4.56. The molecule has 2 aromatic rings. The molecule has 0 aliphatic heterocycles. The fourth-order valence-electron chi connectivity index (χ4n) is 2.76. The van der Waals surface area contributed by atoms with E-state index in [9.17, 15) is 0 Å². The number of benzene rings is 2. The molecule has 5 heteroatoms. The van der Waals surface area contributed by atoms with Gasteiger partial charge in [0.1, 0.15) is 17.7 Å². The first-order valence-corrected chi connectivity index (χ1v) is 9.69. The van der Waals surface area contributed by atoms with Gasteiger partial charge in [0, 0.05) is 13.2 Å². The third kappa shape index (κ3) is 6.26. The van der Waals surface area contributed by atoms with E-state index in [-0.39, 0.29) is 12.7 Å². The summed E-state index contributed by atoms with van der Waals surface area (Å²) in [5.74, 6) is 3.76. The first-order valence-electron chi connectivity index (χ1n) is 9.28. The zero-order chi connectivity index (χ0) is 20.4. The van der Waals surface area contributed by atoms with Gasteiger partial charge in [-0.05, 0) is 43.5 Å². The fourth-order valence-corrected chi connectivity index (χ4v) is 3.07. The summed E-state index contributed by atoms with van der Waals surface area (Å²) in [6.45, 7) is 5.54. The molecule has 0 fully saturated rings. The molecule has 0 saturated carbocycles. The standard InChI is InChI=1S/C23H27NO3S/c1-5-15-27-20-12-9-18(16-21(20)25-4)13-14-24-23(28)22(26-6-2)19-10-7-17(3)8-11-19/h1,7-12,16,22H,6,13-15H2,2-4H3,(H,24,28). The molecule has 0 aliphatic carbocycles. The van der Waals surface area contributed by atoms with Crippen molar-refractivity contribution in [2.45, 2.75) is 26.4 Å². The van der Waals surface area contributed by atoms with Crippen molar-refractivity contribution in [2.24, 2.45) is 0 Å². The number of hydrogen-bond donors (Lipinski definition) is 1. The van der Waals surface area contributed by atoms with Gasteiger partial charge in [0.05, 0.1) is 7.11 Å². The second kappa shape index (κ2) is 11.3. The number of terminal acetylenes is 1. The van der Waals surface area contributed by atoms with E-state index in [0.29, 0.717) is 29.6 Å². The first kappa shape index (κ1) is 21.7. The lowest BCUT2D eigenvalue weighted by Crippen LogP contribution is -2.31. The van der Waals surface area contributed by atoms with Crippen LogP contribution in [0.5, 0.6) is 11.5 Å². The minimum Gasteiger partial charge on any atom is -0.493 e. The Labute approximate surface area is 173 Å². The van der Waals surface area contributed by atoms with Gasteiger partial charge in [-0.3, -0.25) is 0 Å². The second-order valence-electron chi connectivity index (χ2n) is 6.27. The van der Waals surface area contributed by atoms with Crippen LogP contribution in [0.3, 0.4) is 0 Å². The molecule has 28 heavy (non-hydrogen) atoms. The Kier molecular flexibility index (Phi) is 8.80. The smallest absolute Gasteiger partial charge is 0.162 e. The van der Waals surface area contributed by atoms with Crippen LogP contribution in [0.25, 0.3) is 0 Å². The predicted octanol–water partition coefficient (Wildman–Crippen LogP) is 4.25. The van der Waals surface area contributed by atoms with Gasteiger partial charge < -0.3 is 19.5 Å². The molecule has 0 aliphatic rings. The SMILES string of the molecule is C#CCOc1ccc(CCNC(=S)C(OCC)c2ccc(C)cc2)cc1OC. The highest BCUT2D eigenvalue weighted by molar-refractivity contribution is 7.80. The van der Waals surface area contributed by atoms with Crippen molar-refractivity contribution in [3.63, 3.8) is 0 Å². The maximum absolute atomic E-state index is 5.87. The van der Waals surface area contributed by atoms with Gasteiger partial charge >= 0.3 is 0 Å². The Bertz CT molecular complexity index is 812. The molecule has 0 saturated heterocycles. The van der Waals surface area contributed by atoms with Gasteiger partial charge in [-0.15, -0.1) is 6.42 Å². The molecule has 2 rings (SSSR count). The van der Waals surface area contributed by atoms with Crippen molar-refractivity contribution in [3.8, 4) is 23.8 Å². The largest absolute Gasteiger partial charge is 0.493 e. The summed E-state index contributed by atoms with van der Waals surface area (Å²) in [4.78, 5) is 0.687. The highest BCUT2D eigenvalue weighted by Crippen LogP contribution is 2.28. The molecule has 148 valence electrons. The van der Waals surface area contributed by atoms with E-state index in [4.69, 9.17) is 32.9 Å². The first-order chi connectivity index (χ1) is 13.6. The number of aryl methyl sites for hydroxylation is 1. The predicted molar refractivity (Wildman–Crippen MR) is 117 cm³/mol. The van der Waals surface area contributed by atoms with Crippen LogP contribution in [0, 0.1) is 19.3 Å². The molecule has 0 aromatic heterocycles. The Morgan fingerprint density at radius 1 is 1.18 bits per heavy atom. The van der Waals surface area contributed by atoms with Crippen molar-refractivity contribution >= 4 is 17.2 Å². The molecular formula is C23H27NO3S. The quantitative estimate of drug-likeness (QED) is 0.479. The lowest BCUT2D eigenvalue weighted by molar-refractivity contribution is 0.109. The van der Waals surface area contributed by atoms with E-state index in [0.717, 1.165) is 17.5 Å². The van der Waals surface area contributed by atoms with E-state index in [2.05, 4.69) is 42.4 Å². The lowest BCUT2D eigenvalue weighted by atomic mass is 10.1. The number of rotatable bonds is 10. The number of hydrogen-bond acceptors (Lipinski definition) is 4. The Morgan fingerprint density at radius 2 is 1.93 bits per heavy atom. The highest BCUT2D eigenvalue weighted by Gasteiger charge is 2.17. The summed E-state index contributed by atoms with van der Waals surface area (Å²) in [6, 6.07) is 14.1. The number of methoxy groups -OCH3 is 1. The van der Waals surface area contributed by atoms with Crippen molar-refractivity contribution in [1.29, 1.82) is 0 Å². The molecule has 0 heterocycles. The Hall–Kier alpha value is -2.55. The minimum absolute atomic E-state index is 0.212. The van der Waals surface area contributed by atoms with E-state index in [1.165, 1.54) is 5.56 Å². The van der Waals surface area contributed by atoms with E-state index in [1.54, 1.807) is 7.11 Å². The summed E-state index contributed by atoms with van der Waals surface area (Å²) in [7, 11) is 1.61. The van der Waals surface area contributed by atoms with E-state index >= 15 is 0 Å². The van der Waals surface area contributed by atoms with Crippen LogP contribution in [0.15, 0.2) is 42.5 Å². The molecule has 2 aromatic carbocycles. The zero-order valence-electron chi connectivity index (χ0n) is 16.7. The summed E-state index contributed by atoms with van der Waals surface area (Å²) in [5, 5.41) is 3.32. The van der Waals surface area contributed by atoms with E-state index in [1.807, 2.05) is 25.1 Å². The van der Waals surface area contributed by atoms with E-state index < -0.39 is 0 Å². The summed E-state index contributed by atoms with van der Waals surface area (Å²) in [5.41, 5.74) is 3.38. The van der Waals surface area contributed by atoms with Gasteiger partial charge in [0.2, 0.25) is 0 Å². The van der Waals surface area contributed by atoms with Gasteiger partial charge in [0.25, 0.3) is 0 Å². The molecule has 0 amide bonds. The van der Waals surface area contributed by atoms with Gasteiger partial charge in [-0.2, -0.15) is 0 Å². The van der Waals surface area contributed by atoms with Crippen LogP contribution in [0.1, 0.15) is 29.7 Å². The monoisotopic (exact) mass is 397 g/mol. The second-order valence-corrected chi connectivity index (χ2v) is 6.70. The van der Waals surface area contributed by atoms with Crippen LogP contribution >= 0.6 is 12.2 Å².